The van der Waals surface area contributed by atoms with Gasteiger partial charge in [0.2, 0.25) is 0 Å². The normalized spacial score (nSPS) is 13.2. The molecule has 0 amide bonds. The molecule has 5 heteroatoms. The number of carbonyl (C=O) groups excluding carboxylic acids is 2. The molecule has 0 saturated heterocycles. The number of esters is 2. The summed E-state index contributed by atoms with van der Waals surface area (Å²) in [7, 11) is 0. The topological polar surface area (TPSA) is 72.8 Å². The van der Waals surface area contributed by atoms with Crippen LogP contribution < -0.4 is 0 Å². The van der Waals surface area contributed by atoms with Crippen LogP contribution in [0.4, 0.5) is 0 Å². The van der Waals surface area contributed by atoms with Gasteiger partial charge < -0.3 is 14.6 Å². The molecule has 0 bridgehead atoms. The second-order valence-electron chi connectivity index (χ2n) is 18.6. The van der Waals surface area contributed by atoms with Gasteiger partial charge in [-0.3, -0.25) is 9.59 Å². The van der Waals surface area contributed by atoms with Gasteiger partial charge in [0.1, 0.15) is 6.61 Å². The zero-order valence-corrected chi connectivity index (χ0v) is 45.2. The molecule has 1 unspecified atom stereocenters. The minimum atomic E-state index is -0.789. The van der Waals surface area contributed by atoms with Gasteiger partial charge in [-0.1, -0.05) is 257 Å². The highest BCUT2D eigenvalue weighted by atomic mass is 16.6. The molecular formula is C65H106O5. The van der Waals surface area contributed by atoms with E-state index in [0.717, 1.165) is 116 Å². The van der Waals surface area contributed by atoms with E-state index in [9.17, 15) is 14.7 Å². The van der Waals surface area contributed by atoms with Crippen molar-refractivity contribution >= 4 is 11.9 Å². The Morgan fingerprint density at radius 2 is 0.571 bits per heavy atom. The number of allylic oxidation sites excluding steroid dienone is 22. The zero-order chi connectivity index (χ0) is 50.6. The van der Waals surface area contributed by atoms with Gasteiger partial charge in [-0.05, 0) is 109 Å². The molecule has 0 aromatic rings. The van der Waals surface area contributed by atoms with E-state index in [2.05, 4.69) is 148 Å². The largest absolute Gasteiger partial charge is 0.462 e. The number of unbranched alkanes of at least 4 members (excludes halogenated alkanes) is 21. The molecule has 0 spiro atoms. The Labute approximate surface area is 432 Å². The predicted molar refractivity (Wildman–Crippen MR) is 306 cm³/mol. The summed E-state index contributed by atoms with van der Waals surface area (Å²) < 4.78 is 10.7. The van der Waals surface area contributed by atoms with Gasteiger partial charge >= 0.3 is 11.9 Å². The van der Waals surface area contributed by atoms with Gasteiger partial charge in [0.25, 0.3) is 0 Å². The molecule has 0 aromatic carbocycles. The molecule has 5 nitrogen and oxygen atoms in total. The molecule has 0 aromatic heterocycles. The maximum absolute atomic E-state index is 12.3. The van der Waals surface area contributed by atoms with Crippen molar-refractivity contribution in [3.8, 4) is 0 Å². The smallest absolute Gasteiger partial charge is 0.306 e. The molecule has 0 aliphatic rings. The van der Waals surface area contributed by atoms with Crippen LogP contribution in [0.5, 0.6) is 0 Å². The SMILES string of the molecule is CC/C=C\C/C=C\C/C=C\C/C=C\C/C=C\C/C=C\C/C=C\CCCCCCCCCC(=O)OC(CO)COC(=O)CCCCCCCCCCCCCCCC/C=C\C/C=C\C/C=C\C/C=C\CC. The highest BCUT2D eigenvalue weighted by Gasteiger charge is 2.16. The third kappa shape index (κ3) is 56.6. The Balaban J connectivity index is 3.56. The molecule has 70 heavy (non-hydrogen) atoms. The van der Waals surface area contributed by atoms with Crippen molar-refractivity contribution < 1.29 is 24.2 Å². The lowest BCUT2D eigenvalue weighted by molar-refractivity contribution is -0.161. The lowest BCUT2D eigenvalue weighted by Gasteiger charge is -2.15. The molecule has 0 saturated carbocycles. The van der Waals surface area contributed by atoms with E-state index in [1.807, 2.05) is 0 Å². The minimum Gasteiger partial charge on any atom is -0.462 e. The first kappa shape index (κ1) is 66.0. The summed E-state index contributed by atoms with van der Waals surface area (Å²) in [5.41, 5.74) is 0. The van der Waals surface area contributed by atoms with Crippen LogP contribution in [0.2, 0.25) is 0 Å². The van der Waals surface area contributed by atoms with Gasteiger partial charge in [0.05, 0.1) is 6.61 Å². The summed E-state index contributed by atoms with van der Waals surface area (Å²) in [6.07, 6.45) is 88.4. The van der Waals surface area contributed by atoms with Crippen molar-refractivity contribution in [2.24, 2.45) is 0 Å². The zero-order valence-electron chi connectivity index (χ0n) is 45.2. The second kappa shape index (κ2) is 59.3. The van der Waals surface area contributed by atoms with Crippen LogP contribution in [-0.4, -0.2) is 36.4 Å². The third-order valence-corrected chi connectivity index (χ3v) is 11.9. The van der Waals surface area contributed by atoms with Crippen LogP contribution in [0, 0.1) is 0 Å². The summed E-state index contributed by atoms with van der Waals surface area (Å²) in [6, 6.07) is 0. The fraction of sp³-hybridized carbons (Fsp3) is 0.631. The van der Waals surface area contributed by atoms with Crippen molar-refractivity contribution in [2.45, 2.75) is 251 Å². The maximum atomic E-state index is 12.3. The molecule has 1 atom stereocenters. The molecule has 396 valence electrons. The number of aliphatic hydroxyl groups is 1. The first-order valence-corrected chi connectivity index (χ1v) is 28.7. The fourth-order valence-corrected chi connectivity index (χ4v) is 7.70. The second-order valence-corrected chi connectivity index (χ2v) is 18.6. The number of hydrogen-bond acceptors (Lipinski definition) is 5. The van der Waals surface area contributed by atoms with Crippen LogP contribution in [0.1, 0.15) is 245 Å². The highest BCUT2D eigenvalue weighted by molar-refractivity contribution is 5.70. The average molecular weight is 968 g/mol. The van der Waals surface area contributed by atoms with E-state index >= 15 is 0 Å². The van der Waals surface area contributed by atoms with E-state index in [-0.39, 0.29) is 25.2 Å². The first-order chi connectivity index (χ1) is 34.6. The minimum absolute atomic E-state index is 0.0779. The van der Waals surface area contributed by atoms with Gasteiger partial charge in [-0.25, -0.2) is 0 Å². The van der Waals surface area contributed by atoms with Gasteiger partial charge in [0, 0.05) is 12.8 Å². The Morgan fingerprint density at radius 1 is 0.329 bits per heavy atom. The Kier molecular flexibility index (Phi) is 56.0. The molecule has 0 aliphatic carbocycles. The lowest BCUT2D eigenvalue weighted by atomic mass is 10.0. The summed E-state index contributed by atoms with van der Waals surface area (Å²) in [4.78, 5) is 24.6. The molecular weight excluding hydrogens is 861 g/mol. The van der Waals surface area contributed by atoms with Crippen LogP contribution in [-0.2, 0) is 19.1 Å². The van der Waals surface area contributed by atoms with Crippen LogP contribution in [0.25, 0.3) is 0 Å². The Bertz CT molecular complexity index is 1470. The lowest BCUT2D eigenvalue weighted by Crippen LogP contribution is -2.28. The van der Waals surface area contributed by atoms with Crippen molar-refractivity contribution in [3.63, 3.8) is 0 Å². The van der Waals surface area contributed by atoms with Crippen LogP contribution in [0.3, 0.4) is 0 Å². The van der Waals surface area contributed by atoms with Crippen LogP contribution in [0.15, 0.2) is 134 Å². The molecule has 1 N–H and O–H groups in total. The van der Waals surface area contributed by atoms with E-state index < -0.39 is 6.10 Å². The monoisotopic (exact) mass is 967 g/mol. The summed E-state index contributed by atoms with van der Waals surface area (Å²) in [5.74, 6) is -0.608. The molecule has 0 heterocycles. The molecule has 0 fully saturated rings. The number of carbonyl (C=O) groups is 2. The van der Waals surface area contributed by atoms with Gasteiger partial charge in [-0.15, -0.1) is 0 Å². The van der Waals surface area contributed by atoms with E-state index in [0.29, 0.717) is 12.8 Å². The maximum Gasteiger partial charge on any atom is 0.306 e. The number of ether oxygens (including phenoxy) is 2. The standard InChI is InChI=1S/C65H106O5/c1-3-5-7-9-11-13-15-17-19-21-23-25-27-29-31-32-34-36-38-40-42-44-46-48-50-52-54-56-58-60-65(68)70-63(61-66)62-69-64(67)59-57-55-53-51-49-47-45-43-41-39-37-35-33-30-28-26-24-22-20-18-16-14-12-10-8-6-4-2/h5-8,11-14,17-20,23-26,29,31,34,36,40,42,63,66H,3-4,9-10,15-16,21-22,27-28,30,32-33,35,37-39,41,43-62H2,1-2H3/b7-5-,8-6-,13-11-,14-12-,19-17-,20-18-,25-23-,26-24-,31-29-,36-34-,42-40-. The molecule has 0 aliphatic heterocycles. The van der Waals surface area contributed by atoms with E-state index in [1.54, 1.807) is 0 Å². The Hall–Kier alpha value is -3.96. The highest BCUT2D eigenvalue weighted by Crippen LogP contribution is 2.15. The third-order valence-electron chi connectivity index (χ3n) is 11.9. The molecule has 0 radical (unpaired) electrons. The first-order valence-electron chi connectivity index (χ1n) is 28.7. The summed E-state index contributed by atoms with van der Waals surface area (Å²) in [6.45, 7) is 3.91. The average Bonchev–Trinajstić information content (AvgIpc) is 3.36. The van der Waals surface area contributed by atoms with E-state index in [1.165, 1.54) is 103 Å². The summed E-state index contributed by atoms with van der Waals surface area (Å²) in [5, 5.41) is 9.66. The number of rotatable bonds is 51. The number of aliphatic hydroxyl groups excluding tert-OH is 1. The van der Waals surface area contributed by atoms with Crippen molar-refractivity contribution in [3.05, 3.63) is 134 Å². The molecule has 0 rings (SSSR count). The Morgan fingerprint density at radius 3 is 0.857 bits per heavy atom. The van der Waals surface area contributed by atoms with Crippen molar-refractivity contribution in [2.75, 3.05) is 13.2 Å². The van der Waals surface area contributed by atoms with Gasteiger partial charge in [-0.2, -0.15) is 0 Å². The van der Waals surface area contributed by atoms with Gasteiger partial charge in [0.15, 0.2) is 6.10 Å². The fourth-order valence-electron chi connectivity index (χ4n) is 7.70. The predicted octanol–water partition coefficient (Wildman–Crippen LogP) is 19.6. The van der Waals surface area contributed by atoms with Crippen molar-refractivity contribution in [1.29, 1.82) is 0 Å². The quantitative estimate of drug-likeness (QED) is 0.0374. The summed E-state index contributed by atoms with van der Waals surface area (Å²) >= 11 is 0. The van der Waals surface area contributed by atoms with Crippen LogP contribution >= 0.6 is 0 Å². The van der Waals surface area contributed by atoms with E-state index in [4.69, 9.17) is 9.47 Å². The number of hydrogen-bond donors (Lipinski definition) is 1. The van der Waals surface area contributed by atoms with Crippen molar-refractivity contribution in [1.82, 2.24) is 0 Å².